The lowest BCUT2D eigenvalue weighted by Gasteiger charge is -2.30. The van der Waals surface area contributed by atoms with E-state index >= 15 is 8.63 Å². The Balaban J connectivity index is 2.04. The van der Waals surface area contributed by atoms with Gasteiger partial charge in [0.05, 0.1) is 17.7 Å². The molecule has 0 fully saturated rings. The number of aromatic nitrogens is 1. The van der Waals surface area contributed by atoms with Crippen molar-refractivity contribution in [1.82, 2.24) is 4.48 Å². The molecule has 1 aromatic heterocycles. The lowest BCUT2D eigenvalue weighted by atomic mass is 9.90. The Morgan fingerprint density at radius 3 is 2.62 bits per heavy atom. The molecule has 2 aromatic rings. The van der Waals surface area contributed by atoms with Gasteiger partial charge in [0.2, 0.25) is 5.04 Å². The zero-order valence-corrected chi connectivity index (χ0v) is 14.3. The van der Waals surface area contributed by atoms with Gasteiger partial charge in [-0.15, -0.1) is 0 Å². The lowest BCUT2D eigenvalue weighted by molar-refractivity contribution is -0.314. The van der Waals surface area contributed by atoms with Crippen LogP contribution in [0.1, 0.15) is 28.1 Å². The van der Waals surface area contributed by atoms with Crippen molar-refractivity contribution < 1.29 is 18.2 Å². The third-order valence-corrected chi connectivity index (χ3v) is 5.68. The highest BCUT2D eigenvalue weighted by atomic mass is 32.2. The predicted octanol–water partition coefficient (Wildman–Crippen LogP) is 3.34. The average molecular weight is 346 g/mol. The Morgan fingerprint density at radius 1 is 1.21 bits per heavy atom. The average Bonchev–Trinajstić information content (AvgIpc) is 3.02. The second-order valence-electron chi connectivity index (χ2n) is 6.13. The summed E-state index contributed by atoms with van der Waals surface area (Å²) in [5.41, 5.74) is 4.17. The Bertz CT molecular complexity index is 917. The monoisotopic (exact) mass is 346 g/mol. The van der Waals surface area contributed by atoms with Gasteiger partial charge in [-0.25, -0.2) is 0 Å². The summed E-state index contributed by atoms with van der Waals surface area (Å²) in [6.45, 7) is -0.437. The molecule has 1 N–H and O–H groups in total. The summed E-state index contributed by atoms with van der Waals surface area (Å²) in [5, 5.41) is 9.67. The van der Waals surface area contributed by atoms with Crippen LogP contribution in [0.5, 0.6) is 0 Å². The summed E-state index contributed by atoms with van der Waals surface area (Å²) in [4.78, 5) is 0. The fraction of sp³-hybridized carbons (Fsp3) is 0.235. The van der Waals surface area contributed by atoms with E-state index in [9.17, 15) is 0 Å². The van der Waals surface area contributed by atoms with Crippen LogP contribution in [0.25, 0.3) is 11.8 Å². The first-order chi connectivity index (χ1) is 11.5. The van der Waals surface area contributed by atoms with E-state index in [1.165, 1.54) is 16.2 Å². The van der Waals surface area contributed by atoms with Gasteiger partial charge in [0, 0.05) is 17.5 Å². The third-order valence-electron chi connectivity index (χ3n) is 4.61. The standard InChI is InChI=1S/C17H17BF2N2OS/c1-11-9-12(2)21-15(11)10-16-13-5-3-4-6-14(13)17(24-8-7-23)22(16)18(21,19)20/h3-6,9-10,23H,7-8H2,1-2H3. The molecule has 0 saturated carbocycles. The number of aliphatic hydroxyl groups excluding tert-OH is 1. The van der Waals surface area contributed by atoms with Gasteiger partial charge in [-0.2, -0.15) is 0 Å². The van der Waals surface area contributed by atoms with E-state index in [1.807, 2.05) is 37.3 Å². The summed E-state index contributed by atoms with van der Waals surface area (Å²) < 4.78 is 33.3. The summed E-state index contributed by atoms with van der Waals surface area (Å²) >= 11 is 1.28. The zero-order chi connectivity index (χ0) is 17.1. The maximum atomic E-state index is 15.5. The summed E-state index contributed by atoms with van der Waals surface area (Å²) in [6, 6.07) is 9.29. The van der Waals surface area contributed by atoms with E-state index in [2.05, 4.69) is 0 Å². The highest BCUT2D eigenvalue weighted by Gasteiger charge is 2.55. The van der Waals surface area contributed by atoms with Gasteiger partial charge in [-0.1, -0.05) is 23.9 Å². The van der Waals surface area contributed by atoms with Crippen molar-refractivity contribution in [2.45, 2.75) is 13.8 Å². The molecule has 0 unspecified atom stereocenters. The van der Waals surface area contributed by atoms with Crippen LogP contribution in [0.4, 0.5) is 8.63 Å². The number of rotatable bonds is 2. The maximum Gasteiger partial charge on any atom is 0.738 e. The maximum absolute atomic E-state index is 15.5. The predicted molar refractivity (Wildman–Crippen MR) is 95.5 cm³/mol. The minimum absolute atomic E-state index is 0.0469. The van der Waals surface area contributed by atoms with E-state index in [4.69, 9.17) is 5.11 Å². The molecule has 2 aliphatic heterocycles. The van der Waals surface area contributed by atoms with Crippen molar-refractivity contribution in [2.24, 2.45) is 0 Å². The van der Waals surface area contributed by atoms with Crippen LogP contribution < -0.4 is 0 Å². The number of hydrogen-bond acceptors (Lipinski definition) is 2. The quantitative estimate of drug-likeness (QED) is 0.845. The molecule has 0 saturated heterocycles. The Hall–Kier alpha value is -1.86. The first kappa shape index (κ1) is 15.7. The summed E-state index contributed by atoms with van der Waals surface area (Å²) in [6.07, 6.45) is 1.85. The Morgan fingerprint density at radius 2 is 1.92 bits per heavy atom. The zero-order valence-electron chi connectivity index (χ0n) is 13.5. The van der Waals surface area contributed by atoms with E-state index < -0.39 is 6.97 Å². The van der Waals surface area contributed by atoms with Gasteiger partial charge in [0.25, 0.3) is 0 Å². The van der Waals surface area contributed by atoms with Gasteiger partial charge in [0.15, 0.2) is 5.70 Å². The molecule has 0 radical (unpaired) electrons. The molecule has 0 atom stereocenters. The number of hydrogen-bond donors (Lipinski definition) is 1. The first-order valence-electron chi connectivity index (χ1n) is 7.89. The van der Waals surface area contributed by atoms with Crippen molar-refractivity contribution >= 4 is 35.5 Å². The normalized spacial score (nSPS) is 17.5. The molecule has 3 nitrogen and oxygen atoms in total. The number of halogens is 2. The summed E-state index contributed by atoms with van der Waals surface area (Å²) in [5.74, 6) is 0.385. The van der Waals surface area contributed by atoms with Gasteiger partial charge in [0.1, 0.15) is 0 Å². The molecule has 0 spiro atoms. The number of aryl methyl sites for hydroxylation is 2. The van der Waals surface area contributed by atoms with Gasteiger partial charge in [-0.3, -0.25) is 0 Å². The molecule has 7 heteroatoms. The topological polar surface area (TPSA) is 28.2 Å². The van der Waals surface area contributed by atoms with Gasteiger partial charge < -0.3 is 22.7 Å². The summed E-state index contributed by atoms with van der Waals surface area (Å²) in [7, 11) is 0. The fourth-order valence-corrected chi connectivity index (χ4v) is 4.67. The van der Waals surface area contributed by atoms with Crippen molar-refractivity contribution in [1.29, 1.82) is 0 Å². The van der Waals surface area contributed by atoms with Crippen molar-refractivity contribution in [3.8, 4) is 0 Å². The Labute approximate surface area is 143 Å². The highest BCUT2D eigenvalue weighted by Crippen LogP contribution is 2.42. The van der Waals surface area contributed by atoms with Crippen LogP contribution in [0, 0.1) is 13.8 Å². The Kier molecular flexibility index (Phi) is 3.47. The number of nitrogens with zero attached hydrogens (tertiary/aromatic N) is 2. The molecule has 124 valence electrons. The van der Waals surface area contributed by atoms with Crippen LogP contribution in [0.3, 0.4) is 0 Å². The largest absolute Gasteiger partial charge is 0.738 e. The second kappa shape index (κ2) is 5.32. The van der Waals surface area contributed by atoms with E-state index in [1.54, 1.807) is 13.0 Å². The van der Waals surface area contributed by atoms with E-state index in [0.717, 1.165) is 21.2 Å². The van der Waals surface area contributed by atoms with Crippen LogP contribution in [-0.4, -0.2) is 38.4 Å². The SMILES string of the molecule is Cc1cc(C)n2c1C=C1c3ccccc3C(SCCO)=[N+]1[B-]2(F)F. The minimum atomic E-state index is -3.97. The molecule has 0 amide bonds. The highest BCUT2D eigenvalue weighted by molar-refractivity contribution is 8.14. The van der Waals surface area contributed by atoms with Crippen molar-refractivity contribution in [3.05, 3.63) is 58.4 Å². The van der Waals surface area contributed by atoms with Crippen LogP contribution >= 0.6 is 11.8 Å². The molecule has 24 heavy (non-hydrogen) atoms. The first-order valence-corrected chi connectivity index (χ1v) is 8.87. The molecule has 0 aliphatic carbocycles. The molecule has 1 aromatic carbocycles. The van der Waals surface area contributed by atoms with Crippen LogP contribution in [0.2, 0.25) is 0 Å². The number of aliphatic hydroxyl groups is 1. The fourth-order valence-electron chi connectivity index (χ4n) is 3.68. The van der Waals surface area contributed by atoms with E-state index in [-0.39, 0.29) is 6.61 Å². The molecule has 0 bridgehead atoms. The molecule has 3 heterocycles. The number of fused-ring (bicyclic) bond motifs is 4. The molecular weight excluding hydrogens is 329 g/mol. The van der Waals surface area contributed by atoms with E-state index in [0.29, 0.717) is 27.9 Å². The van der Waals surface area contributed by atoms with Gasteiger partial charge >= 0.3 is 6.97 Å². The van der Waals surface area contributed by atoms with Crippen LogP contribution in [0.15, 0.2) is 30.3 Å². The van der Waals surface area contributed by atoms with Crippen molar-refractivity contribution in [2.75, 3.05) is 12.4 Å². The smallest absolute Gasteiger partial charge is 0.396 e. The lowest BCUT2D eigenvalue weighted by Crippen LogP contribution is -2.49. The third kappa shape index (κ3) is 1.97. The second-order valence-corrected chi connectivity index (χ2v) is 7.22. The van der Waals surface area contributed by atoms with Crippen molar-refractivity contribution in [3.63, 3.8) is 0 Å². The van der Waals surface area contributed by atoms with Crippen LogP contribution in [-0.2, 0) is 0 Å². The van der Waals surface area contributed by atoms with Gasteiger partial charge in [-0.05, 0) is 43.3 Å². The number of benzene rings is 1. The molecular formula is C17H17BF2N2OS. The molecule has 4 rings (SSSR count). The molecule has 2 aliphatic rings. The minimum Gasteiger partial charge on any atom is -0.396 e. The number of thioether (sulfide) groups is 1.